The number of aliphatic carboxylic acids is 1. The van der Waals surface area contributed by atoms with Crippen LogP contribution in [0.2, 0.25) is 0 Å². The number of amides is 1. The highest BCUT2D eigenvalue weighted by molar-refractivity contribution is 7.80. The monoisotopic (exact) mass is 323 g/mol. The SMILES string of the molecule is CC(C)CC(N)C(=O)O.O=C1CN(c2ccccc2)C(=S)N1. The van der Waals surface area contributed by atoms with Gasteiger partial charge in [0.05, 0.1) is 0 Å². The Morgan fingerprint density at radius 3 is 2.36 bits per heavy atom. The molecule has 0 aromatic heterocycles. The van der Waals surface area contributed by atoms with Gasteiger partial charge in [-0.25, -0.2) is 0 Å². The Hall–Kier alpha value is -1.99. The minimum atomic E-state index is -0.913. The maximum absolute atomic E-state index is 11.0. The lowest BCUT2D eigenvalue weighted by atomic mass is 10.1. The molecule has 1 amide bonds. The van der Waals surface area contributed by atoms with Crippen LogP contribution in [0.3, 0.4) is 0 Å². The van der Waals surface area contributed by atoms with E-state index in [-0.39, 0.29) is 5.91 Å². The zero-order valence-electron chi connectivity index (χ0n) is 12.7. The molecular formula is C15H21N3O3S. The van der Waals surface area contributed by atoms with Crippen molar-refractivity contribution in [1.82, 2.24) is 5.32 Å². The molecule has 6 nitrogen and oxygen atoms in total. The summed E-state index contributed by atoms with van der Waals surface area (Å²) in [5, 5.41) is 11.4. The van der Waals surface area contributed by atoms with Crippen LogP contribution in [0, 0.1) is 5.92 Å². The fourth-order valence-corrected chi connectivity index (χ4v) is 2.15. The number of carbonyl (C=O) groups excluding carboxylic acids is 1. The molecule has 7 heteroatoms. The smallest absolute Gasteiger partial charge is 0.320 e. The van der Waals surface area contributed by atoms with Crippen LogP contribution in [0.1, 0.15) is 20.3 Å². The van der Waals surface area contributed by atoms with E-state index in [0.29, 0.717) is 24.0 Å². The third kappa shape index (κ3) is 5.79. The second kappa shape index (κ2) is 8.45. The lowest BCUT2D eigenvalue weighted by Gasteiger charge is -2.14. The minimum Gasteiger partial charge on any atom is -0.480 e. The van der Waals surface area contributed by atoms with Gasteiger partial charge in [-0.05, 0) is 36.7 Å². The topological polar surface area (TPSA) is 95.7 Å². The summed E-state index contributed by atoms with van der Waals surface area (Å²) < 4.78 is 0. The Bertz CT molecular complexity index is 534. The number of nitrogens with one attached hydrogen (secondary N) is 1. The highest BCUT2D eigenvalue weighted by Crippen LogP contribution is 2.15. The summed E-state index contributed by atoms with van der Waals surface area (Å²) in [6.45, 7) is 4.22. The van der Waals surface area contributed by atoms with E-state index in [1.165, 1.54) is 0 Å². The van der Waals surface area contributed by atoms with Crippen molar-refractivity contribution in [3.05, 3.63) is 30.3 Å². The second-order valence-corrected chi connectivity index (χ2v) is 5.74. The summed E-state index contributed by atoms with van der Waals surface area (Å²) >= 11 is 4.99. The van der Waals surface area contributed by atoms with Crippen molar-refractivity contribution in [2.75, 3.05) is 11.4 Å². The van der Waals surface area contributed by atoms with Crippen LogP contribution >= 0.6 is 12.2 Å². The second-order valence-electron chi connectivity index (χ2n) is 5.35. The van der Waals surface area contributed by atoms with Gasteiger partial charge >= 0.3 is 5.97 Å². The number of carboxylic acid groups (broad SMARTS) is 1. The third-order valence-electron chi connectivity index (χ3n) is 2.90. The Morgan fingerprint density at radius 2 is 2.00 bits per heavy atom. The Kier molecular flexibility index (Phi) is 6.94. The highest BCUT2D eigenvalue weighted by Gasteiger charge is 2.23. The van der Waals surface area contributed by atoms with E-state index in [2.05, 4.69) is 5.32 Å². The first-order valence-corrected chi connectivity index (χ1v) is 7.37. The fraction of sp³-hybridized carbons (Fsp3) is 0.400. The molecule has 0 saturated carbocycles. The van der Waals surface area contributed by atoms with Gasteiger partial charge in [0.25, 0.3) is 0 Å². The number of rotatable bonds is 4. The number of para-hydroxylation sites is 1. The summed E-state index contributed by atoms with van der Waals surface area (Å²) in [4.78, 5) is 22.9. The normalized spacial score (nSPS) is 15.2. The number of nitrogens with zero attached hydrogens (tertiary/aromatic N) is 1. The standard InChI is InChI=1S/C9H8N2OS.C6H13NO2/c12-8-6-11(9(13)10-8)7-4-2-1-3-5-7;1-4(2)3-5(7)6(8)9/h1-5H,6H2,(H,10,12,13);4-5H,3,7H2,1-2H3,(H,8,9). The average molecular weight is 323 g/mol. The number of hydrogen-bond donors (Lipinski definition) is 3. The first-order chi connectivity index (χ1) is 10.3. The van der Waals surface area contributed by atoms with Crippen LogP contribution in [0.5, 0.6) is 0 Å². The van der Waals surface area contributed by atoms with Crippen LogP contribution in [-0.2, 0) is 9.59 Å². The Labute approximate surface area is 135 Å². The number of hydrogen-bond acceptors (Lipinski definition) is 4. The van der Waals surface area contributed by atoms with Gasteiger partial charge in [-0.1, -0.05) is 32.0 Å². The van der Waals surface area contributed by atoms with E-state index >= 15 is 0 Å². The number of anilines is 1. The van der Waals surface area contributed by atoms with Gasteiger partial charge in [0, 0.05) is 5.69 Å². The van der Waals surface area contributed by atoms with Crippen LogP contribution in [-0.4, -0.2) is 34.7 Å². The largest absolute Gasteiger partial charge is 0.480 e. The van der Waals surface area contributed by atoms with Crippen molar-refractivity contribution in [3.63, 3.8) is 0 Å². The molecule has 0 bridgehead atoms. The number of thiocarbonyl (C=S) groups is 1. The highest BCUT2D eigenvalue weighted by atomic mass is 32.1. The molecule has 1 aliphatic rings. The van der Waals surface area contributed by atoms with Gasteiger partial charge in [0.2, 0.25) is 5.91 Å². The van der Waals surface area contributed by atoms with Gasteiger partial charge < -0.3 is 21.1 Å². The molecule has 1 aromatic rings. The molecule has 0 aliphatic carbocycles. The lowest BCUT2D eigenvalue weighted by Crippen LogP contribution is -2.31. The van der Waals surface area contributed by atoms with Crippen LogP contribution in [0.15, 0.2) is 30.3 Å². The minimum absolute atomic E-state index is 0.0474. The quantitative estimate of drug-likeness (QED) is 0.724. The Balaban J connectivity index is 0.000000239. The number of carboxylic acids is 1. The van der Waals surface area contributed by atoms with E-state index in [4.69, 9.17) is 23.1 Å². The van der Waals surface area contributed by atoms with Crippen molar-refractivity contribution >= 4 is 34.9 Å². The molecule has 1 aliphatic heterocycles. The van der Waals surface area contributed by atoms with Crippen LogP contribution in [0.25, 0.3) is 0 Å². The third-order valence-corrected chi connectivity index (χ3v) is 3.23. The van der Waals surface area contributed by atoms with Crippen molar-refractivity contribution in [1.29, 1.82) is 0 Å². The molecule has 1 fully saturated rings. The molecule has 2 rings (SSSR count). The predicted molar refractivity (Wildman–Crippen MR) is 89.6 cm³/mol. The maximum Gasteiger partial charge on any atom is 0.320 e. The average Bonchev–Trinajstić information content (AvgIpc) is 2.78. The Morgan fingerprint density at radius 1 is 1.41 bits per heavy atom. The van der Waals surface area contributed by atoms with E-state index in [0.717, 1.165) is 5.69 Å². The lowest BCUT2D eigenvalue weighted by molar-refractivity contribution is -0.138. The van der Waals surface area contributed by atoms with Gasteiger partial charge in [0.15, 0.2) is 5.11 Å². The summed E-state index contributed by atoms with van der Waals surface area (Å²) in [6, 6.07) is 8.92. The van der Waals surface area contributed by atoms with Crippen LogP contribution in [0.4, 0.5) is 5.69 Å². The van der Waals surface area contributed by atoms with Gasteiger partial charge in [-0.15, -0.1) is 0 Å². The molecule has 1 atom stereocenters. The van der Waals surface area contributed by atoms with Crippen molar-refractivity contribution < 1.29 is 14.7 Å². The molecule has 1 aromatic carbocycles. The summed E-state index contributed by atoms with van der Waals surface area (Å²) in [5.74, 6) is -0.603. The zero-order valence-corrected chi connectivity index (χ0v) is 13.5. The zero-order chi connectivity index (χ0) is 16.7. The number of nitrogens with two attached hydrogens (primary N) is 1. The molecule has 0 radical (unpaired) electrons. The first-order valence-electron chi connectivity index (χ1n) is 6.96. The first kappa shape index (κ1) is 18.1. The van der Waals surface area contributed by atoms with Gasteiger partial charge in [-0.3, -0.25) is 9.59 Å². The fourth-order valence-electron chi connectivity index (χ4n) is 1.87. The van der Waals surface area contributed by atoms with E-state index in [9.17, 15) is 9.59 Å². The molecule has 22 heavy (non-hydrogen) atoms. The maximum atomic E-state index is 11.0. The molecule has 1 heterocycles. The molecule has 120 valence electrons. The van der Waals surface area contributed by atoms with E-state index < -0.39 is 12.0 Å². The number of benzene rings is 1. The molecular weight excluding hydrogens is 302 g/mol. The predicted octanol–water partition coefficient (Wildman–Crippen LogP) is 1.35. The van der Waals surface area contributed by atoms with Gasteiger partial charge in [-0.2, -0.15) is 0 Å². The molecule has 1 unspecified atom stereocenters. The summed E-state index contributed by atoms with van der Waals surface area (Å²) in [5.41, 5.74) is 6.17. The van der Waals surface area contributed by atoms with Crippen molar-refractivity contribution in [3.8, 4) is 0 Å². The van der Waals surface area contributed by atoms with Gasteiger partial charge in [0.1, 0.15) is 12.6 Å². The van der Waals surface area contributed by atoms with E-state index in [1.54, 1.807) is 4.90 Å². The molecule has 1 saturated heterocycles. The summed E-state index contributed by atoms with van der Waals surface area (Å²) in [7, 11) is 0. The van der Waals surface area contributed by atoms with Crippen LogP contribution < -0.4 is 16.0 Å². The number of carbonyl (C=O) groups is 2. The van der Waals surface area contributed by atoms with E-state index in [1.807, 2.05) is 44.2 Å². The van der Waals surface area contributed by atoms with Crippen molar-refractivity contribution in [2.24, 2.45) is 11.7 Å². The summed E-state index contributed by atoms with van der Waals surface area (Å²) in [6.07, 6.45) is 0.551. The van der Waals surface area contributed by atoms with Crippen molar-refractivity contribution in [2.45, 2.75) is 26.3 Å². The molecule has 4 N–H and O–H groups in total. The molecule has 0 spiro atoms.